The van der Waals surface area contributed by atoms with Crippen molar-refractivity contribution in [1.29, 1.82) is 0 Å². The van der Waals surface area contributed by atoms with E-state index in [-0.39, 0.29) is 40.2 Å². The number of carbonyl (C=O) groups excluding carboxylic acids is 1. The van der Waals surface area contributed by atoms with Crippen molar-refractivity contribution in [1.82, 2.24) is 9.24 Å². The number of hydrogen-bond donors (Lipinski definition) is 2. The fourth-order valence-electron chi connectivity index (χ4n) is 4.04. The SMILES string of the molecule is CC(C)(C)OC(=O)Nn1c(=O)c2cc(F)c(N3CCC(CO)C3)c(Cl)c2n(C2CC2)c1=O. The van der Waals surface area contributed by atoms with Gasteiger partial charge >= 0.3 is 11.8 Å². The summed E-state index contributed by atoms with van der Waals surface area (Å²) in [6, 6.07) is 0.841. The summed E-state index contributed by atoms with van der Waals surface area (Å²) in [5, 5.41) is 9.29. The Balaban J connectivity index is 1.89. The molecular formula is C21H26ClFN4O5. The van der Waals surface area contributed by atoms with Crippen LogP contribution in [-0.4, -0.2) is 45.7 Å². The molecule has 32 heavy (non-hydrogen) atoms. The summed E-state index contributed by atoms with van der Waals surface area (Å²) in [6.07, 6.45) is 1.09. The number of ether oxygens (including phenoxy) is 1. The second-order valence-corrected chi connectivity index (χ2v) is 9.72. The Morgan fingerprint density at radius 3 is 2.56 bits per heavy atom. The summed E-state index contributed by atoms with van der Waals surface area (Å²) in [5.74, 6) is -0.708. The highest BCUT2D eigenvalue weighted by atomic mass is 35.5. The van der Waals surface area contributed by atoms with Crippen LogP contribution < -0.4 is 21.6 Å². The Bertz CT molecular complexity index is 1200. The van der Waals surface area contributed by atoms with E-state index in [0.29, 0.717) is 37.0 Å². The Morgan fingerprint density at radius 1 is 1.31 bits per heavy atom. The number of aliphatic hydroxyl groups excluding tert-OH is 1. The average Bonchev–Trinajstić information content (AvgIpc) is 3.42. The van der Waals surface area contributed by atoms with Gasteiger partial charge in [0.2, 0.25) is 0 Å². The Kier molecular flexibility index (Phi) is 5.70. The summed E-state index contributed by atoms with van der Waals surface area (Å²) in [4.78, 5) is 40.2. The third-order valence-electron chi connectivity index (χ3n) is 5.61. The lowest BCUT2D eigenvalue weighted by molar-refractivity contribution is 0.0610. The number of nitrogens with zero attached hydrogens (tertiary/aromatic N) is 3. The highest BCUT2D eigenvalue weighted by molar-refractivity contribution is 6.38. The molecule has 2 N–H and O–H groups in total. The molecule has 4 rings (SSSR count). The first-order valence-corrected chi connectivity index (χ1v) is 10.9. The lowest BCUT2D eigenvalue weighted by atomic mass is 10.1. The molecule has 1 aromatic heterocycles. The summed E-state index contributed by atoms with van der Waals surface area (Å²) in [7, 11) is 0. The molecule has 1 saturated heterocycles. The molecule has 0 spiro atoms. The van der Waals surface area contributed by atoms with Crippen molar-refractivity contribution >= 4 is 34.3 Å². The summed E-state index contributed by atoms with van der Waals surface area (Å²) < 4.78 is 22.2. The van der Waals surface area contributed by atoms with Crippen LogP contribution in [-0.2, 0) is 4.74 Å². The predicted octanol–water partition coefficient (Wildman–Crippen LogP) is 2.59. The lowest BCUT2D eigenvalue weighted by Crippen LogP contribution is -2.48. The van der Waals surface area contributed by atoms with Crippen LogP contribution in [0, 0.1) is 11.7 Å². The zero-order chi connectivity index (χ0) is 23.4. The van der Waals surface area contributed by atoms with Crippen molar-refractivity contribution in [3.05, 3.63) is 37.7 Å². The molecule has 1 aromatic carbocycles. The van der Waals surface area contributed by atoms with Gasteiger partial charge in [-0.1, -0.05) is 11.6 Å². The van der Waals surface area contributed by atoms with Crippen molar-refractivity contribution in [2.75, 3.05) is 30.0 Å². The quantitative estimate of drug-likeness (QED) is 0.714. The zero-order valence-corrected chi connectivity index (χ0v) is 18.9. The van der Waals surface area contributed by atoms with E-state index in [9.17, 15) is 19.5 Å². The third-order valence-corrected chi connectivity index (χ3v) is 5.97. The average molecular weight is 469 g/mol. The van der Waals surface area contributed by atoms with Gasteiger partial charge in [0.15, 0.2) is 0 Å². The maximum Gasteiger partial charge on any atom is 0.427 e. The van der Waals surface area contributed by atoms with E-state index in [4.69, 9.17) is 16.3 Å². The molecule has 1 saturated carbocycles. The number of aromatic nitrogens is 2. The molecule has 2 fully saturated rings. The molecule has 1 amide bonds. The van der Waals surface area contributed by atoms with Gasteiger partial charge in [0.05, 0.1) is 21.6 Å². The maximum absolute atomic E-state index is 15.2. The smallest absolute Gasteiger partial charge is 0.427 e. The van der Waals surface area contributed by atoms with E-state index < -0.39 is 28.8 Å². The van der Waals surface area contributed by atoms with Gasteiger partial charge in [0.25, 0.3) is 5.56 Å². The van der Waals surface area contributed by atoms with E-state index in [1.54, 1.807) is 25.7 Å². The normalized spacial score (nSPS) is 18.9. The Labute approximate surface area is 188 Å². The summed E-state index contributed by atoms with van der Waals surface area (Å²) >= 11 is 6.62. The van der Waals surface area contributed by atoms with Crippen LogP contribution in [0.4, 0.5) is 14.9 Å². The fourth-order valence-corrected chi connectivity index (χ4v) is 4.45. The van der Waals surface area contributed by atoms with Gasteiger partial charge in [0, 0.05) is 31.7 Å². The predicted molar refractivity (Wildman–Crippen MR) is 119 cm³/mol. The molecule has 0 bridgehead atoms. The van der Waals surface area contributed by atoms with Gasteiger partial charge < -0.3 is 14.7 Å². The highest BCUT2D eigenvalue weighted by Gasteiger charge is 2.33. The van der Waals surface area contributed by atoms with E-state index >= 15 is 4.39 Å². The Morgan fingerprint density at radius 2 is 2.00 bits per heavy atom. The van der Waals surface area contributed by atoms with Gasteiger partial charge in [-0.25, -0.2) is 19.4 Å². The lowest BCUT2D eigenvalue weighted by Gasteiger charge is -2.24. The zero-order valence-electron chi connectivity index (χ0n) is 18.2. The van der Waals surface area contributed by atoms with Crippen molar-refractivity contribution in [3.8, 4) is 0 Å². The molecule has 1 unspecified atom stereocenters. The van der Waals surface area contributed by atoms with Gasteiger partial charge in [-0.2, -0.15) is 4.68 Å². The summed E-state index contributed by atoms with van der Waals surface area (Å²) in [5.41, 5.74) is -0.0688. The van der Waals surface area contributed by atoms with Gasteiger partial charge in [-0.15, -0.1) is 0 Å². The number of rotatable bonds is 4. The number of anilines is 1. The number of benzene rings is 1. The monoisotopic (exact) mass is 468 g/mol. The van der Waals surface area contributed by atoms with Gasteiger partial charge in [-0.3, -0.25) is 9.36 Å². The standard InChI is InChI=1S/C21H26ClFN4O5/c1-21(2,3)32-19(30)24-27-18(29)13-8-14(23)17(25-7-6-11(9-25)10-28)15(22)16(13)26(20(27)31)12-4-5-12/h8,11-12,28H,4-7,9-10H2,1-3H3,(H,24,30). The van der Waals surface area contributed by atoms with E-state index in [1.165, 1.54) is 4.57 Å². The molecule has 0 radical (unpaired) electrons. The molecule has 1 atom stereocenters. The van der Waals surface area contributed by atoms with Crippen molar-refractivity contribution in [2.24, 2.45) is 5.92 Å². The minimum Gasteiger partial charge on any atom is -0.443 e. The van der Waals surface area contributed by atoms with Crippen LogP contribution in [0.25, 0.3) is 10.9 Å². The topological polar surface area (TPSA) is 106 Å². The fraction of sp³-hybridized carbons (Fsp3) is 0.571. The molecule has 1 aliphatic heterocycles. The van der Waals surface area contributed by atoms with E-state index in [2.05, 4.69) is 5.43 Å². The van der Waals surface area contributed by atoms with E-state index in [0.717, 1.165) is 6.07 Å². The summed E-state index contributed by atoms with van der Waals surface area (Å²) in [6.45, 7) is 5.84. The molecule has 2 aromatic rings. The van der Waals surface area contributed by atoms with Crippen molar-refractivity contribution in [3.63, 3.8) is 0 Å². The number of aliphatic hydroxyl groups is 1. The minimum atomic E-state index is -0.978. The molecule has 2 aliphatic rings. The maximum atomic E-state index is 15.2. The molecule has 9 nitrogen and oxygen atoms in total. The number of fused-ring (bicyclic) bond motifs is 1. The van der Waals surface area contributed by atoms with Gasteiger partial charge in [-0.05, 0) is 46.1 Å². The number of halogens is 2. The number of hydrogen-bond acceptors (Lipinski definition) is 6. The van der Waals surface area contributed by atoms with E-state index in [1.807, 2.05) is 0 Å². The largest absolute Gasteiger partial charge is 0.443 e. The van der Waals surface area contributed by atoms with Crippen LogP contribution in [0.3, 0.4) is 0 Å². The number of carbonyl (C=O) groups is 1. The van der Waals surface area contributed by atoms with Crippen LogP contribution >= 0.6 is 11.6 Å². The highest BCUT2D eigenvalue weighted by Crippen LogP contribution is 2.41. The Hall–Kier alpha value is -2.59. The minimum absolute atomic E-state index is 0.00202. The van der Waals surface area contributed by atoms with Crippen LogP contribution in [0.2, 0.25) is 5.02 Å². The first-order valence-electron chi connectivity index (χ1n) is 10.6. The first kappa shape index (κ1) is 22.6. The van der Waals surface area contributed by atoms with Crippen LogP contribution in [0.1, 0.15) is 46.1 Å². The molecular weight excluding hydrogens is 443 g/mol. The molecule has 1 aliphatic carbocycles. The van der Waals surface area contributed by atoms with Gasteiger partial charge in [0.1, 0.15) is 11.4 Å². The molecule has 11 heteroatoms. The van der Waals surface area contributed by atoms with Crippen molar-refractivity contribution in [2.45, 2.75) is 51.7 Å². The second-order valence-electron chi connectivity index (χ2n) is 9.34. The molecule has 2 heterocycles. The van der Waals surface area contributed by atoms with Crippen LogP contribution in [0.5, 0.6) is 0 Å². The number of nitrogens with one attached hydrogen (secondary N) is 1. The second kappa shape index (κ2) is 8.08. The van der Waals surface area contributed by atoms with Crippen LogP contribution in [0.15, 0.2) is 15.7 Å². The van der Waals surface area contributed by atoms with Crippen molar-refractivity contribution < 1.29 is 19.0 Å². The third kappa shape index (κ3) is 4.09. The molecule has 174 valence electrons. The first-order chi connectivity index (χ1) is 15.0. The number of amides is 1.